The highest BCUT2D eigenvalue weighted by atomic mass is 35.5. The van der Waals surface area contributed by atoms with E-state index in [-0.39, 0.29) is 0 Å². The summed E-state index contributed by atoms with van der Waals surface area (Å²) in [4.78, 5) is 1.67. The van der Waals surface area contributed by atoms with Gasteiger partial charge in [-0.2, -0.15) is 0 Å². The molecule has 0 amide bonds. The minimum absolute atomic E-state index is 0.602. The third-order valence-corrected chi connectivity index (χ3v) is 4.86. The number of hydrogen-bond acceptors (Lipinski definition) is 1. The van der Waals surface area contributed by atoms with E-state index >= 15 is 0 Å². The highest BCUT2D eigenvalue weighted by molar-refractivity contribution is 7.91. The Hall–Kier alpha value is -0.960. The molecule has 0 aromatic heterocycles. The SMILES string of the molecule is [O-][S+]1c2ccccc2Cc2cccc(Cl)c21. The lowest BCUT2D eigenvalue weighted by Crippen LogP contribution is -2.14. The minimum Gasteiger partial charge on any atom is -0.606 e. The molecule has 0 saturated carbocycles. The summed E-state index contributed by atoms with van der Waals surface area (Å²) in [5.41, 5.74) is 2.21. The summed E-state index contributed by atoms with van der Waals surface area (Å²) in [7, 11) is 0. The lowest BCUT2D eigenvalue weighted by atomic mass is 10.0. The molecule has 2 aromatic carbocycles. The standard InChI is InChI=1S/C13H9ClOS/c14-11-6-3-5-10-8-9-4-1-2-7-12(9)16(15)13(10)11/h1-7H,8H2. The smallest absolute Gasteiger partial charge is 0.180 e. The normalized spacial score (nSPS) is 17.8. The summed E-state index contributed by atoms with van der Waals surface area (Å²) in [5, 5.41) is 0.602. The fourth-order valence-electron chi connectivity index (χ4n) is 2.05. The first-order valence-electron chi connectivity index (χ1n) is 5.04. The van der Waals surface area contributed by atoms with Crippen LogP contribution in [0.5, 0.6) is 0 Å². The maximum absolute atomic E-state index is 12.4. The van der Waals surface area contributed by atoms with Gasteiger partial charge in [-0.15, -0.1) is 0 Å². The van der Waals surface area contributed by atoms with E-state index in [0.717, 1.165) is 27.3 Å². The molecule has 1 aliphatic heterocycles. The predicted molar refractivity (Wildman–Crippen MR) is 65.4 cm³/mol. The zero-order valence-electron chi connectivity index (χ0n) is 8.44. The molecule has 0 radical (unpaired) electrons. The Morgan fingerprint density at radius 3 is 2.62 bits per heavy atom. The van der Waals surface area contributed by atoms with Crippen molar-refractivity contribution >= 4 is 22.8 Å². The summed E-state index contributed by atoms with van der Waals surface area (Å²) in [6.45, 7) is 0. The molecule has 0 fully saturated rings. The van der Waals surface area contributed by atoms with Crippen LogP contribution in [0.25, 0.3) is 0 Å². The molecule has 2 aromatic rings. The van der Waals surface area contributed by atoms with E-state index in [4.69, 9.17) is 11.6 Å². The van der Waals surface area contributed by atoms with Gasteiger partial charge in [0.25, 0.3) is 0 Å². The monoisotopic (exact) mass is 248 g/mol. The maximum Gasteiger partial charge on any atom is 0.180 e. The van der Waals surface area contributed by atoms with E-state index in [0.29, 0.717) is 5.02 Å². The Labute approximate surface area is 102 Å². The molecular formula is C13H9ClOS. The van der Waals surface area contributed by atoms with Crippen LogP contribution in [0, 0.1) is 0 Å². The van der Waals surface area contributed by atoms with Crippen LogP contribution >= 0.6 is 11.6 Å². The zero-order valence-corrected chi connectivity index (χ0v) is 10.0. The Morgan fingerprint density at radius 2 is 1.75 bits per heavy atom. The zero-order chi connectivity index (χ0) is 11.1. The van der Waals surface area contributed by atoms with Gasteiger partial charge in [-0.25, -0.2) is 0 Å². The molecular weight excluding hydrogens is 240 g/mol. The second kappa shape index (κ2) is 3.81. The molecule has 1 aliphatic rings. The summed E-state index contributed by atoms with van der Waals surface area (Å²) in [6.07, 6.45) is 0.817. The number of halogens is 1. The predicted octanol–water partition coefficient (Wildman–Crippen LogP) is 3.41. The highest BCUT2D eigenvalue weighted by Crippen LogP contribution is 2.37. The van der Waals surface area contributed by atoms with Crippen LogP contribution in [0.4, 0.5) is 0 Å². The van der Waals surface area contributed by atoms with E-state index in [1.54, 1.807) is 6.07 Å². The van der Waals surface area contributed by atoms with Crippen LogP contribution in [0.1, 0.15) is 11.1 Å². The fraction of sp³-hybridized carbons (Fsp3) is 0.0769. The number of hydrogen-bond donors (Lipinski definition) is 0. The van der Waals surface area contributed by atoms with E-state index in [1.807, 2.05) is 36.4 Å². The average molecular weight is 249 g/mol. The van der Waals surface area contributed by atoms with Gasteiger partial charge in [-0.05, 0) is 12.1 Å². The van der Waals surface area contributed by atoms with Crippen molar-refractivity contribution in [3.05, 3.63) is 58.6 Å². The Balaban J connectivity index is 2.23. The third kappa shape index (κ3) is 1.46. The molecule has 80 valence electrons. The molecule has 3 rings (SSSR count). The largest absolute Gasteiger partial charge is 0.606 e. The van der Waals surface area contributed by atoms with Crippen molar-refractivity contribution in [2.45, 2.75) is 16.2 Å². The van der Waals surface area contributed by atoms with Crippen LogP contribution in [0.3, 0.4) is 0 Å². The van der Waals surface area contributed by atoms with E-state index < -0.39 is 11.2 Å². The second-order valence-corrected chi connectivity index (χ2v) is 5.57. The van der Waals surface area contributed by atoms with Crippen LogP contribution in [0.2, 0.25) is 5.02 Å². The number of rotatable bonds is 0. The molecule has 16 heavy (non-hydrogen) atoms. The van der Waals surface area contributed by atoms with Crippen molar-refractivity contribution in [2.24, 2.45) is 0 Å². The van der Waals surface area contributed by atoms with Gasteiger partial charge in [0.1, 0.15) is 0 Å². The maximum atomic E-state index is 12.4. The summed E-state index contributed by atoms with van der Waals surface area (Å²) >= 11 is 4.98. The van der Waals surface area contributed by atoms with Gasteiger partial charge in [0.05, 0.1) is 5.02 Å². The highest BCUT2D eigenvalue weighted by Gasteiger charge is 2.29. The lowest BCUT2D eigenvalue weighted by molar-refractivity contribution is 0.590. The first-order chi connectivity index (χ1) is 7.77. The molecule has 1 nitrogen and oxygen atoms in total. The molecule has 0 saturated heterocycles. The van der Waals surface area contributed by atoms with Crippen molar-refractivity contribution < 1.29 is 4.55 Å². The van der Waals surface area contributed by atoms with Gasteiger partial charge in [0.15, 0.2) is 9.79 Å². The van der Waals surface area contributed by atoms with E-state index in [2.05, 4.69) is 0 Å². The van der Waals surface area contributed by atoms with Gasteiger partial charge >= 0.3 is 0 Å². The lowest BCUT2D eigenvalue weighted by Gasteiger charge is -2.22. The van der Waals surface area contributed by atoms with Crippen LogP contribution < -0.4 is 0 Å². The summed E-state index contributed by atoms with van der Waals surface area (Å²) < 4.78 is 12.4. The quantitative estimate of drug-likeness (QED) is 0.656. The van der Waals surface area contributed by atoms with Crippen molar-refractivity contribution in [3.63, 3.8) is 0 Å². The van der Waals surface area contributed by atoms with Crippen molar-refractivity contribution in [2.75, 3.05) is 0 Å². The van der Waals surface area contributed by atoms with Crippen LogP contribution in [-0.4, -0.2) is 4.55 Å². The molecule has 0 bridgehead atoms. The average Bonchev–Trinajstić information content (AvgIpc) is 2.29. The van der Waals surface area contributed by atoms with Gasteiger partial charge < -0.3 is 4.55 Å². The number of fused-ring (bicyclic) bond motifs is 2. The molecule has 1 heterocycles. The molecule has 1 unspecified atom stereocenters. The van der Waals surface area contributed by atoms with Gasteiger partial charge in [-0.3, -0.25) is 0 Å². The molecule has 3 heteroatoms. The van der Waals surface area contributed by atoms with Gasteiger partial charge in [0.2, 0.25) is 0 Å². The number of benzene rings is 2. The first-order valence-corrected chi connectivity index (χ1v) is 6.57. The van der Waals surface area contributed by atoms with E-state index in [9.17, 15) is 4.55 Å². The minimum atomic E-state index is -1.13. The topological polar surface area (TPSA) is 23.1 Å². The molecule has 0 spiro atoms. The third-order valence-electron chi connectivity index (χ3n) is 2.79. The first kappa shape index (κ1) is 10.2. The summed E-state index contributed by atoms with van der Waals surface area (Å²) in [6, 6.07) is 13.5. The van der Waals surface area contributed by atoms with Crippen molar-refractivity contribution in [1.29, 1.82) is 0 Å². The van der Waals surface area contributed by atoms with E-state index in [1.165, 1.54) is 0 Å². The summed E-state index contributed by atoms with van der Waals surface area (Å²) in [5.74, 6) is 0. The molecule has 0 aliphatic carbocycles. The van der Waals surface area contributed by atoms with Crippen molar-refractivity contribution in [3.8, 4) is 0 Å². The second-order valence-electron chi connectivity index (χ2n) is 3.78. The Kier molecular flexibility index (Phi) is 2.43. The molecule has 0 N–H and O–H groups in total. The van der Waals surface area contributed by atoms with Gasteiger partial charge in [0, 0.05) is 28.7 Å². The van der Waals surface area contributed by atoms with Gasteiger partial charge in [-0.1, -0.05) is 41.9 Å². The van der Waals surface area contributed by atoms with Crippen LogP contribution in [0.15, 0.2) is 52.3 Å². The van der Waals surface area contributed by atoms with Crippen molar-refractivity contribution in [1.82, 2.24) is 0 Å². The Morgan fingerprint density at radius 1 is 1.00 bits per heavy atom. The van der Waals surface area contributed by atoms with Crippen LogP contribution in [-0.2, 0) is 17.6 Å². The Bertz CT molecular complexity index is 553. The molecule has 1 atom stereocenters. The fourth-order valence-corrected chi connectivity index (χ4v) is 3.87.